The van der Waals surface area contributed by atoms with Gasteiger partial charge in [0.05, 0.1) is 6.07 Å². The highest BCUT2D eigenvalue weighted by Gasteiger charge is 2.10. The van der Waals surface area contributed by atoms with E-state index in [1.165, 1.54) is 36.4 Å². The van der Waals surface area contributed by atoms with Gasteiger partial charge in [-0.3, -0.25) is 14.9 Å². The topological polar surface area (TPSA) is 85.4 Å². The summed E-state index contributed by atoms with van der Waals surface area (Å²) in [5.74, 6) is -0.850. The summed E-state index contributed by atoms with van der Waals surface area (Å²) >= 11 is 0. The summed E-state index contributed by atoms with van der Waals surface area (Å²) in [7, 11) is 0. The molecule has 7 heteroatoms. The third-order valence-electron chi connectivity index (χ3n) is 2.79. The van der Waals surface area contributed by atoms with Crippen molar-refractivity contribution < 1.29 is 18.5 Å². The lowest BCUT2D eigenvalue weighted by molar-refractivity contribution is -0.402. The van der Waals surface area contributed by atoms with Gasteiger partial charge in [-0.15, -0.1) is 0 Å². The number of nitrogens with one attached hydrogen (secondary N) is 1. The highest BCUT2D eigenvalue weighted by molar-refractivity contribution is 5.91. The standard InChI is InChI=1S/C15H13FN2O4/c16-12-3-1-2-11(10-12)8-9-17-14(19)6-4-13-5-7-15(22-13)18(20)21/h1-7,10H,8-9H2,(H,17,19)/b6-4+. The van der Waals surface area contributed by atoms with E-state index in [2.05, 4.69) is 5.32 Å². The predicted octanol–water partition coefficient (Wildman–Crippen LogP) is 2.70. The number of hydrogen-bond donors (Lipinski definition) is 1. The van der Waals surface area contributed by atoms with Crippen LogP contribution in [0.2, 0.25) is 0 Å². The lowest BCUT2D eigenvalue weighted by Crippen LogP contribution is -2.23. The number of furan rings is 1. The van der Waals surface area contributed by atoms with Crippen molar-refractivity contribution in [1.29, 1.82) is 0 Å². The molecule has 0 radical (unpaired) electrons. The summed E-state index contributed by atoms with van der Waals surface area (Å²) in [6, 6.07) is 8.75. The zero-order valence-corrected chi connectivity index (χ0v) is 11.5. The second-order valence-corrected chi connectivity index (χ2v) is 4.44. The van der Waals surface area contributed by atoms with Crippen LogP contribution >= 0.6 is 0 Å². The average molecular weight is 304 g/mol. The van der Waals surface area contributed by atoms with Crippen LogP contribution in [0.15, 0.2) is 46.9 Å². The second-order valence-electron chi connectivity index (χ2n) is 4.44. The van der Waals surface area contributed by atoms with Crippen molar-refractivity contribution >= 4 is 17.9 Å². The van der Waals surface area contributed by atoms with Crippen molar-refractivity contribution in [3.8, 4) is 0 Å². The summed E-state index contributed by atoms with van der Waals surface area (Å²) < 4.78 is 17.8. The molecule has 2 aromatic rings. The largest absolute Gasteiger partial charge is 0.433 e. The van der Waals surface area contributed by atoms with Gasteiger partial charge in [-0.05, 0) is 36.3 Å². The Bertz CT molecular complexity index is 709. The first-order valence-corrected chi connectivity index (χ1v) is 6.49. The van der Waals surface area contributed by atoms with Gasteiger partial charge in [-0.25, -0.2) is 4.39 Å². The van der Waals surface area contributed by atoms with Gasteiger partial charge in [0, 0.05) is 12.6 Å². The van der Waals surface area contributed by atoms with Gasteiger partial charge < -0.3 is 9.73 Å². The molecule has 1 aromatic heterocycles. The van der Waals surface area contributed by atoms with E-state index in [4.69, 9.17) is 4.42 Å². The molecule has 0 spiro atoms. The Hall–Kier alpha value is -2.96. The minimum Gasteiger partial charge on any atom is -0.401 e. The average Bonchev–Trinajstić information content (AvgIpc) is 2.94. The Morgan fingerprint density at radius 3 is 2.86 bits per heavy atom. The van der Waals surface area contributed by atoms with E-state index in [0.717, 1.165) is 5.56 Å². The van der Waals surface area contributed by atoms with Crippen LogP contribution in [0.25, 0.3) is 6.08 Å². The number of nitro groups is 1. The normalized spacial score (nSPS) is 10.8. The number of benzene rings is 1. The van der Waals surface area contributed by atoms with E-state index in [-0.39, 0.29) is 23.4 Å². The highest BCUT2D eigenvalue weighted by Crippen LogP contribution is 2.16. The lowest BCUT2D eigenvalue weighted by atomic mass is 10.1. The summed E-state index contributed by atoms with van der Waals surface area (Å²) in [6.45, 7) is 0.352. The van der Waals surface area contributed by atoms with Gasteiger partial charge in [-0.1, -0.05) is 12.1 Å². The van der Waals surface area contributed by atoms with Gasteiger partial charge in [-0.2, -0.15) is 0 Å². The molecule has 0 atom stereocenters. The van der Waals surface area contributed by atoms with Gasteiger partial charge >= 0.3 is 5.88 Å². The third-order valence-corrected chi connectivity index (χ3v) is 2.79. The Balaban J connectivity index is 1.79. The smallest absolute Gasteiger partial charge is 0.401 e. The van der Waals surface area contributed by atoms with Crippen molar-refractivity contribution in [2.75, 3.05) is 6.54 Å². The second kappa shape index (κ2) is 7.16. The fourth-order valence-electron chi connectivity index (χ4n) is 1.77. The number of hydrogen-bond acceptors (Lipinski definition) is 4. The summed E-state index contributed by atoms with van der Waals surface area (Å²) in [5, 5.41) is 13.1. The lowest BCUT2D eigenvalue weighted by Gasteiger charge is -2.02. The van der Waals surface area contributed by atoms with E-state index < -0.39 is 4.92 Å². The molecule has 0 fully saturated rings. The molecule has 1 amide bonds. The van der Waals surface area contributed by atoms with E-state index >= 15 is 0 Å². The number of amides is 1. The zero-order valence-electron chi connectivity index (χ0n) is 11.5. The van der Waals surface area contributed by atoms with Crippen LogP contribution in [0.4, 0.5) is 10.3 Å². The Morgan fingerprint density at radius 1 is 1.36 bits per heavy atom. The fraction of sp³-hybridized carbons (Fsp3) is 0.133. The number of halogens is 1. The van der Waals surface area contributed by atoms with Crippen molar-refractivity contribution in [1.82, 2.24) is 5.32 Å². The molecule has 0 saturated carbocycles. The molecule has 0 aliphatic carbocycles. The molecule has 0 saturated heterocycles. The van der Waals surface area contributed by atoms with Crippen LogP contribution in [0, 0.1) is 15.9 Å². The van der Waals surface area contributed by atoms with Crippen molar-refractivity contribution in [2.45, 2.75) is 6.42 Å². The van der Waals surface area contributed by atoms with E-state index in [1.807, 2.05) is 0 Å². The van der Waals surface area contributed by atoms with Crippen LogP contribution < -0.4 is 5.32 Å². The first-order chi connectivity index (χ1) is 10.5. The zero-order chi connectivity index (χ0) is 15.9. The van der Waals surface area contributed by atoms with Gasteiger partial charge in [0.25, 0.3) is 0 Å². The number of nitrogens with zero attached hydrogens (tertiary/aromatic N) is 1. The van der Waals surface area contributed by atoms with Crippen LogP contribution in [-0.2, 0) is 11.2 Å². The first kappa shape index (κ1) is 15.4. The van der Waals surface area contributed by atoms with E-state index in [1.54, 1.807) is 12.1 Å². The molecule has 6 nitrogen and oxygen atoms in total. The van der Waals surface area contributed by atoms with E-state index in [0.29, 0.717) is 13.0 Å². The summed E-state index contributed by atoms with van der Waals surface area (Å²) in [6.07, 6.45) is 3.06. The summed E-state index contributed by atoms with van der Waals surface area (Å²) in [4.78, 5) is 21.3. The minimum absolute atomic E-state index is 0.215. The third kappa shape index (κ3) is 4.55. The molecule has 1 aromatic carbocycles. The summed E-state index contributed by atoms with van der Waals surface area (Å²) in [5.41, 5.74) is 0.783. The van der Waals surface area contributed by atoms with Crippen LogP contribution in [0.3, 0.4) is 0 Å². The monoisotopic (exact) mass is 304 g/mol. The number of carbonyl (C=O) groups is 1. The van der Waals surface area contributed by atoms with Crippen molar-refractivity contribution in [2.24, 2.45) is 0 Å². The number of carbonyl (C=O) groups excluding carboxylic acids is 1. The Morgan fingerprint density at radius 2 is 2.18 bits per heavy atom. The maximum Gasteiger partial charge on any atom is 0.433 e. The van der Waals surface area contributed by atoms with Crippen molar-refractivity contribution in [3.05, 3.63) is 69.7 Å². The fourth-order valence-corrected chi connectivity index (χ4v) is 1.77. The molecule has 0 bridgehead atoms. The minimum atomic E-state index is -0.656. The SMILES string of the molecule is O=C(/C=C/c1ccc([N+](=O)[O-])o1)NCCc1cccc(F)c1. The Labute approximate surface area is 125 Å². The molecule has 1 N–H and O–H groups in total. The Kier molecular flexibility index (Phi) is 5.02. The molecule has 0 aliphatic rings. The molecule has 22 heavy (non-hydrogen) atoms. The maximum absolute atomic E-state index is 13.0. The van der Waals surface area contributed by atoms with Gasteiger partial charge in [0.15, 0.2) is 0 Å². The molecule has 0 aliphatic heterocycles. The van der Waals surface area contributed by atoms with Gasteiger partial charge in [0.1, 0.15) is 16.5 Å². The van der Waals surface area contributed by atoms with Crippen LogP contribution in [-0.4, -0.2) is 17.4 Å². The number of rotatable bonds is 6. The predicted molar refractivity (Wildman–Crippen MR) is 77.5 cm³/mol. The molecular formula is C15H13FN2O4. The van der Waals surface area contributed by atoms with Crippen LogP contribution in [0.1, 0.15) is 11.3 Å². The molecular weight excluding hydrogens is 291 g/mol. The molecule has 2 rings (SSSR count). The van der Waals surface area contributed by atoms with Gasteiger partial charge in [0.2, 0.25) is 5.91 Å². The maximum atomic E-state index is 13.0. The molecule has 114 valence electrons. The van der Waals surface area contributed by atoms with E-state index in [9.17, 15) is 19.3 Å². The first-order valence-electron chi connectivity index (χ1n) is 6.49. The highest BCUT2D eigenvalue weighted by atomic mass is 19.1. The van der Waals surface area contributed by atoms with Crippen LogP contribution in [0.5, 0.6) is 0 Å². The van der Waals surface area contributed by atoms with Crippen molar-refractivity contribution in [3.63, 3.8) is 0 Å². The quantitative estimate of drug-likeness (QED) is 0.505. The molecule has 0 unspecified atom stereocenters. The molecule has 1 heterocycles.